The first kappa shape index (κ1) is 12.9. The largest absolute Gasteiger partial charge is 0.312 e. The van der Waals surface area contributed by atoms with Gasteiger partial charge < -0.3 is 5.01 Å². The summed E-state index contributed by atoms with van der Waals surface area (Å²) in [5, 5.41) is 1.85. The highest BCUT2D eigenvalue weighted by atomic mass is 15.5. The molecule has 0 saturated carbocycles. The molecule has 0 aliphatic carbocycles. The molecule has 0 unspecified atom stereocenters. The Hall–Kier alpha value is -0.760. The van der Waals surface area contributed by atoms with Gasteiger partial charge in [0.25, 0.3) is 0 Å². The topological polar surface area (TPSA) is 15.3 Å². The number of likely N-dealkylation sites (N-methyl/N-ethyl adjacent to an activating group) is 1. The van der Waals surface area contributed by atoms with Crippen LogP contribution in [0.2, 0.25) is 0 Å². The van der Waals surface area contributed by atoms with Crippen LogP contribution >= 0.6 is 0 Å². The lowest BCUT2D eigenvalue weighted by atomic mass is 10.4. The zero-order valence-corrected chi connectivity index (χ0v) is 8.31. The lowest BCUT2D eigenvalue weighted by molar-refractivity contribution is 0.344. The summed E-state index contributed by atoms with van der Waals surface area (Å²) < 4.78 is 0. The van der Waals surface area contributed by atoms with Crippen molar-refractivity contribution in [3.05, 3.63) is 24.4 Å². The fourth-order valence-electron chi connectivity index (χ4n) is 0.448. The van der Waals surface area contributed by atoms with E-state index in [4.69, 9.17) is 0 Å². The smallest absolute Gasteiger partial charge is 0.0441 e. The van der Waals surface area contributed by atoms with Gasteiger partial charge in [0.1, 0.15) is 0 Å². The molecule has 0 radical (unpaired) electrons. The summed E-state index contributed by atoms with van der Waals surface area (Å²) in [7, 11) is 3.77. The number of hydrogen-bond donors (Lipinski definition) is 1. The van der Waals surface area contributed by atoms with E-state index in [1.807, 2.05) is 52.0 Å². The Morgan fingerprint density at radius 2 is 1.91 bits per heavy atom. The molecule has 2 heteroatoms. The first-order valence-electron chi connectivity index (χ1n) is 3.95. The first-order valence-corrected chi connectivity index (χ1v) is 3.95. The molecule has 0 spiro atoms. The summed E-state index contributed by atoms with van der Waals surface area (Å²) >= 11 is 0. The molecule has 0 heterocycles. The van der Waals surface area contributed by atoms with E-state index < -0.39 is 0 Å². The predicted octanol–water partition coefficient (Wildman–Crippen LogP) is 2.17. The van der Waals surface area contributed by atoms with E-state index in [1.54, 1.807) is 0 Å². The van der Waals surface area contributed by atoms with Crippen molar-refractivity contribution >= 4 is 0 Å². The molecule has 0 aromatic rings. The third-order valence-electron chi connectivity index (χ3n) is 1.13. The molecule has 0 amide bonds. The number of allylic oxidation sites excluding steroid dienone is 2. The van der Waals surface area contributed by atoms with Crippen molar-refractivity contribution < 1.29 is 0 Å². The zero-order valence-electron chi connectivity index (χ0n) is 8.31. The molecule has 11 heavy (non-hydrogen) atoms. The van der Waals surface area contributed by atoms with E-state index in [0.29, 0.717) is 0 Å². The Labute approximate surface area is 70.6 Å². The number of hydrogen-bond acceptors (Lipinski definition) is 2. The van der Waals surface area contributed by atoms with E-state index in [2.05, 4.69) is 12.0 Å². The summed E-state index contributed by atoms with van der Waals surface area (Å²) in [6.45, 7) is 9.76. The Morgan fingerprint density at radius 1 is 1.45 bits per heavy atom. The maximum atomic E-state index is 3.79. The lowest BCUT2D eigenvalue weighted by Gasteiger charge is -2.16. The van der Waals surface area contributed by atoms with Crippen LogP contribution in [0.3, 0.4) is 0 Å². The summed E-state index contributed by atoms with van der Waals surface area (Å²) in [5.74, 6) is 0. The van der Waals surface area contributed by atoms with Gasteiger partial charge in [0.15, 0.2) is 0 Å². The van der Waals surface area contributed by atoms with Crippen LogP contribution in [0.1, 0.15) is 20.8 Å². The van der Waals surface area contributed by atoms with Crippen molar-refractivity contribution in [2.75, 3.05) is 14.1 Å². The fourth-order valence-corrected chi connectivity index (χ4v) is 0.448. The van der Waals surface area contributed by atoms with Crippen molar-refractivity contribution in [3.8, 4) is 0 Å². The number of rotatable bonds is 3. The van der Waals surface area contributed by atoms with Crippen LogP contribution in [-0.2, 0) is 0 Å². The third kappa shape index (κ3) is 7.13. The van der Waals surface area contributed by atoms with Crippen LogP contribution in [0.5, 0.6) is 0 Å². The minimum atomic E-state index is 0.958. The SMILES string of the molecule is C=C(/C=C\C)N(C)NC.CC. The van der Waals surface area contributed by atoms with Gasteiger partial charge in [-0.05, 0) is 13.0 Å². The molecule has 0 aliphatic heterocycles. The Balaban J connectivity index is 0. The highest BCUT2D eigenvalue weighted by Crippen LogP contribution is 1.93. The normalized spacial score (nSPS) is 8.82. The van der Waals surface area contributed by atoms with Crippen LogP contribution in [-0.4, -0.2) is 19.1 Å². The molecule has 0 atom stereocenters. The van der Waals surface area contributed by atoms with Crippen molar-refractivity contribution in [3.63, 3.8) is 0 Å². The number of nitrogens with zero attached hydrogens (tertiary/aromatic N) is 1. The first-order chi connectivity index (χ1) is 5.22. The highest BCUT2D eigenvalue weighted by Gasteiger charge is 1.89. The van der Waals surface area contributed by atoms with Crippen LogP contribution in [0.15, 0.2) is 24.4 Å². The number of nitrogens with one attached hydrogen (secondary N) is 1. The van der Waals surface area contributed by atoms with E-state index in [1.165, 1.54) is 0 Å². The van der Waals surface area contributed by atoms with Gasteiger partial charge in [-0.15, -0.1) is 0 Å². The molecule has 1 N–H and O–H groups in total. The van der Waals surface area contributed by atoms with Crippen molar-refractivity contribution in [1.82, 2.24) is 10.4 Å². The van der Waals surface area contributed by atoms with Gasteiger partial charge in [-0.3, -0.25) is 0 Å². The zero-order chi connectivity index (χ0) is 9.28. The van der Waals surface area contributed by atoms with Gasteiger partial charge in [-0.1, -0.05) is 26.5 Å². The second kappa shape index (κ2) is 9.24. The van der Waals surface area contributed by atoms with Gasteiger partial charge in [-0.2, -0.15) is 0 Å². The lowest BCUT2D eigenvalue weighted by Crippen LogP contribution is -2.28. The van der Waals surface area contributed by atoms with E-state index in [0.717, 1.165) is 5.70 Å². The van der Waals surface area contributed by atoms with Gasteiger partial charge >= 0.3 is 0 Å². The van der Waals surface area contributed by atoms with Gasteiger partial charge in [0.05, 0.1) is 0 Å². The molecular formula is C9H20N2. The van der Waals surface area contributed by atoms with Crippen molar-refractivity contribution in [1.29, 1.82) is 0 Å². The second-order valence-electron chi connectivity index (χ2n) is 1.77. The van der Waals surface area contributed by atoms with Crippen LogP contribution in [0.25, 0.3) is 0 Å². The van der Waals surface area contributed by atoms with Gasteiger partial charge in [0, 0.05) is 19.8 Å². The highest BCUT2D eigenvalue weighted by molar-refractivity contribution is 5.10. The Bertz CT molecular complexity index is 117. The minimum absolute atomic E-state index is 0.958. The maximum Gasteiger partial charge on any atom is 0.0441 e. The molecule has 2 nitrogen and oxygen atoms in total. The molecule has 66 valence electrons. The second-order valence-corrected chi connectivity index (χ2v) is 1.77. The summed E-state index contributed by atoms with van der Waals surface area (Å²) in [5.41, 5.74) is 3.89. The maximum absolute atomic E-state index is 3.79. The molecule has 0 aromatic carbocycles. The van der Waals surface area contributed by atoms with E-state index in [-0.39, 0.29) is 0 Å². The fraction of sp³-hybridized carbons (Fsp3) is 0.556. The average molecular weight is 156 g/mol. The quantitative estimate of drug-likeness (QED) is 0.497. The van der Waals surface area contributed by atoms with Gasteiger partial charge in [0.2, 0.25) is 0 Å². The van der Waals surface area contributed by atoms with Crippen LogP contribution < -0.4 is 5.43 Å². The molecule has 0 rings (SSSR count). The van der Waals surface area contributed by atoms with E-state index >= 15 is 0 Å². The summed E-state index contributed by atoms with van der Waals surface area (Å²) in [4.78, 5) is 0. The van der Waals surface area contributed by atoms with Crippen LogP contribution in [0, 0.1) is 0 Å². The molecular weight excluding hydrogens is 136 g/mol. The molecule has 0 saturated heterocycles. The average Bonchev–Trinajstić information content (AvgIpc) is 2.07. The predicted molar refractivity (Wildman–Crippen MR) is 52.1 cm³/mol. The summed E-state index contributed by atoms with van der Waals surface area (Å²) in [6.07, 6.45) is 3.90. The van der Waals surface area contributed by atoms with Crippen molar-refractivity contribution in [2.45, 2.75) is 20.8 Å². The molecule has 0 fully saturated rings. The molecule has 0 aliphatic rings. The standard InChI is InChI=1S/C7H14N2.C2H6/c1-5-6-7(2)9(4)8-3;1-2/h5-6,8H,2H2,1,3-4H3;1-2H3/b6-5-;. The van der Waals surface area contributed by atoms with Crippen LogP contribution in [0.4, 0.5) is 0 Å². The summed E-state index contributed by atoms with van der Waals surface area (Å²) in [6, 6.07) is 0. The Kier molecular flexibility index (Phi) is 10.8. The monoisotopic (exact) mass is 156 g/mol. The molecule has 0 aromatic heterocycles. The van der Waals surface area contributed by atoms with Crippen molar-refractivity contribution in [2.24, 2.45) is 0 Å². The minimum Gasteiger partial charge on any atom is -0.312 e. The third-order valence-corrected chi connectivity index (χ3v) is 1.13. The van der Waals surface area contributed by atoms with Gasteiger partial charge in [-0.25, -0.2) is 5.43 Å². The Morgan fingerprint density at radius 3 is 2.18 bits per heavy atom. The van der Waals surface area contributed by atoms with E-state index in [9.17, 15) is 0 Å². The number of hydrazine groups is 1. The molecule has 0 bridgehead atoms.